The second-order valence-electron chi connectivity index (χ2n) is 5.05. The van der Waals surface area contributed by atoms with E-state index in [9.17, 15) is 9.18 Å². The first-order valence-electron chi connectivity index (χ1n) is 7.37. The summed E-state index contributed by atoms with van der Waals surface area (Å²) >= 11 is 0. The van der Waals surface area contributed by atoms with Crippen molar-refractivity contribution in [3.63, 3.8) is 0 Å². The van der Waals surface area contributed by atoms with Gasteiger partial charge < -0.3 is 5.32 Å². The third kappa shape index (κ3) is 6.50. The lowest BCUT2D eigenvalue weighted by Gasteiger charge is -2.14. The molecule has 0 heterocycles. The topological polar surface area (TPSA) is 29.1 Å². The number of hydrogen-bond acceptors (Lipinski definition) is 1. The van der Waals surface area contributed by atoms with Crippen molar-refractivity contribution < 1.29 is 9.18 Å². The summed E-state index contributed by atoms with van der Waals surface area (Å²) < 4.78 is 12.7. The second kappa shape index (κ2) is 9.29. The Morgan fingerprint density at radius 1 is 1.30 bits per heavy atom. The van der Waals surface area contributed by atoms with E-state index in [1.54, 1.807) is 18.2 Å². The molecule has 0 aliphatic heterocycles. The molecule has 0 saturated carbocycles. The van der Waals surface area contributed by atoms with Crippen LogP contribution in [0.15, 0.2) is 30.3 Å². The van der Waals surface area contributed by atoms with E-state index in [0.717, 1.165) is 24.9 Å². The lowest BCUT2D eigenvalue weighted by molar-refractivity contribution is -0.116. The summed E-state index contributed by atoms with van der Waals surface area (Å²) in [6, 6.07) is 6.06. The molecule has 0 fully saturated rings. The van der Waals surface area contributed by atoms with Gasteiger partial charge in [-0.3, -0.25) is 4.79 Å². The van der Waals surface area contributed by atoms with Crippen LogP contribution in [0.3, 0.4) is 0 Å². The van der Waals surface area contributed by atoms with Crippen LogP contribution in [-0.2, 0) is 4.79 Å². The standard InChI is InChI=1S/C17H24FNO/c1-3-5-6-14(4-2)13-19-17(20)12-9-15-7-10-16(18)11-8-15/h7-12,14H,3-6,13H2,1-2H3,(H,19,20)/b12-9+. The minimum absolute atomic E-state index is 0.0933. The third-order valence-electron chi connectivity index (χ3n) is 3.41. The molecular weight excluding hydrogens is 253 g/mol. The molecule has 0 radical (unpaired) electrons. The molecule has 0 aromatic heterocycles. The molecule has 1 amide bonds. The maximum atomic E-state index is 12.7. The Morgan fingerprint density at radius 3 is 2.60 bits per heavy atom. The summed E-state index contributed by atoms with van der Waals surface area (Å²) in [5.74, 6) is 0.190. The van der Waals surface area contributed by atoms with Crippen LogP contribution in [0.25, 0.3) is 6.08 Å². The van der Waals surface area contributed by atoms with E-state index in [4.69, 9.17) is 0 Å². The van der Waals surface area contributed by atoms with Crippen molar-refractivity contribution in [2.75, 3.05) is 6.54 Å². The first kappa shape index (κ1) is 16.4. The molecular formula is C17H24FNO. The van der Waals surface area contributed by atoms with Crippen molar-refractivity contribution in [2.45, 2.75) is 39.5 Å². The number of carbonyl (C=O) groups excluding carboxylic acids is 1. The summed E-state index contributed by atoms with van der Waals surface area (Å²) in [4.78, 5) is 11.7. The molecule has 0 bridgehead atoms. The van der Waals surface area contributed by atoms with Gasteiger partial charge in [0.15, 0.2) is 0 Å². The van der Waals surface area contributed by atoms with Gasteiger partial charge in [0.1, 0.15) is 5.82 Å². The molecule has 110 valence electrons. The fraction of sp³-hybridized carbons (Fsp3) is 0.471. The quantitative estimate of drug-likeness (QED) is 0.710. The van der Waals surface area contributed by atoms with E-state index < -0.39 is 0 Å². The van der Waals surface area contributed by atoms with Crippen LogP contribution in [0.2, 0.25) is 0 Å². The zero-order chi connectivity index (χ0) is 14.8. The normalized spacial score (nSPS) is 12.6. The molecule has 1 aromatic carbocycles. The maximum Gasteiger partial charge on any atom is 0.244 e. The molecule has 1 N–H and O–H groups in total. The predicted octanol–water partition coefficient (Wildman–Crippen LogP) is 4.17. The van der Waals surface area contributed by atoms with Gasteiger partial charge in [-0.05, 0) is 36.1 Å². The number of amides is 1. The molecule has 0 aliphatic rings. The van der Waals surface area contributed by atoms with Crippen LogP contribution in [0.1, 0.15) is 45.1 Å². The molecule has 2 nitrogen and oxygen atoms in total. The Bertz CT molecular complexity index is 425. The number of rotatable bonds is 8. The summed E-state index contributed by atoms with van der Waals surface area (Å²) in [5.41, 5.74) is 0.819. The van der Waals surface area contributed by atoms with Crippen molar-refractivity contribution >= 4 is 12.0 Å². The highest BCUT2D eigenvalue weighted by molar-refractivity contribution is 5.91. The SMILES string of the molecule is CCCCC(CC)CNC(=O)/C=C/c1ccc(F)cc1. The average Bonchev–Trinajstić information content (AvgIpc) is 2.47. The fourth-order valence-electron chi connectivity index (χ4n) is 1.99. The number of halogens is 1. The number of nitrogens with one attached hydrogen (secondary N) is 1. The average molecular weight is 277 g/mol. The third-order valence-corrected chi connectivity index (χ3v) is 3.41. The first-order chi connectivity index (χ1) is 9.65. The first-order valence-corrected chi connectivity index (χ1v) is 7.37. The van der Waals surface area contributed by atoms with Gasteiger partial charge in [0.05, 0.1) is 0 Å². The van der Waals surface area contributed by atoms with Crippen LogP contribution in [0.5, 0.6) is 0 Å². The van der Waals surface area contributed by atoms with Gasteiger partial charge in [0.2, 0.25) is 5.91 Å². The Balaban J connectivity index is 2.37. The molecule has 0 aliphatic carbocycles. The number of carbonyl (C=O) groups is 1. The van der Waals surface area contributed by atoms with Crippen molar-refractivity contribution in [3.8, 4) is 0 Å². The van der Waals surface area contributed by atoms with E-state index in [0.29, 0.717) is 5.92 Å². The van der Waals surface area contributed by atoms with Crippen LogP contribution in [-0.4, -0.2) is 12.5 Å². The van der Waals surface area contributed by atoms with E-state index in [1.807, 2.05) is 0 Å². The molecule has 1 aromatic rings. The van der Waals surface area contributed by atoms with Gasteiger partial charge in [0, 0.05) is 12.6 Å². The monoisotopic (exact) mass is 277 g/mol. The van der Waals surface area contributed by atoms with E-state index in [1.165, 1.54) is 31.1 Å². The zero-order valence-corrected chi connectivity index (χ0v) is 12.4. The maximum absolute atomic E-state index is 12.7. The van der Waals surface area contributed by atoms with Gasteiger partial charge in [-0.1, -0.05) is 45.2 Å². The molecule has 3 heteroatoms. The molecule has 1 unspecified atom stereocenters. The highest BCUT2D eigenvalue weighted by atomic mass is 19.1. The largest absolute Gasteiger partial charge is 0.352 e. The van der Waals surface area contributed by atoms with Crippen molar-refractivity contribution in [3.05, 3.63) is 41.7 Å². The van der Waals surface area contributed by atoms with Gasteiger partial charge in [0.25, 0.3) is 0 Å². The summed E-state index contributed by atoms with van der Waals surface area (Å²) in [6.45, 7) is 5.06. The Morgan fingerprint density at radius 2 is 2.00 bits per heavy atom. The summed E-state index contributed by atoms with van der Waals surface area (Å²) in [6.07, 6.45) is 7.84. The van der Waals surface area contributed by atoms with E-state index in [-0.39, 0.29) is 11.7 Å². The second-order valence-corrected chi connectivity index (χ2v) is 5.05. The molecule has 0 spiro atoms. The zero-order valence-electron chi connectivity index (χ0n) is 12.4. The number of unbranched alkanes of at least 4 members (excludes halogenated alkanes) is 1. The summed E-state index contributed by atoms with van der Waals surface area (Å²) in [7, 11) is 0. The minimum atomic E-state index is -0.270. The van der Waals surface area contributed by atoms with Gasteiger partial charge in [-0.15, -0.1) is 0 Å². The molecule has 20 heavy (non-hydrogen) atoms. The van der Waals surface area contributed by atoms with Gasteiger partial charge >= 0.3 is 0 Å². The van der Waals surface area contributed by atoms with Crippen LogP contribution in [0, 0.1) is 11.7 Å². The van der Waals surface area contributed by atoms with E-state index >= 15 is 0 Å². The van der Waals surface area contributed by atoms with Crippen molar-refractivity contribution in [1.29, 1.82) is 0 Å². The Labute approximate surface area is 121 Å². The Kier molecular flexibility index (Phi) is 7.63. The van der Waals surface area contributed by atoms with Crippen LogP contribution >= 0.6 is 0 Å². The van der Waals surface area contributed by atoms with Crippen molar-refractivity contribution in [2.24, 2.45) is 5.92 Å². The number of benzene rings is 1. The molecule has 1 rings (SSSR count). The highest BCUT2D eigenvalue weighted by Crippen LogP contribution is 2.11. The Hall–Kier alpha value is -1.64. The molecule has 0 saturated heterocycles. The predicted molar refractivity (Wildman–Crippen MR) is 81.7 cm³/mol. The van der Waals surface area contributed by atoms with Crippen molar-refractivity contribution in [1.82, 2.24) is 5.32 Å². The summed E-state index contributed by atoms with van der Waals surface area (Å²) in [5, 5.41) is 2.92. The minimum Gasteiger partial charge on any atom is -0.352 e. The lowest BCUT2D eigenvalue weighted by atomic mass is 9.99. The number of hydrogen-bond donors (Lipinski definition) is 1. The van der Waals surface area contributed by atoms with Crippen LogP contribution < -0.4 is 5.32 Å². The van der Waals surface area contributed by atoms with Gasteiger partial charge in [-0.2, -0.15) is 0 Å². The van der Waals surface area contributed by atoms with Gasteiger partial charge in [-0.25, -0.2) is 4.39 Å². The smallest absolute Gasteiger partial charge is 0.244 e. The van der Waals surface area contributed by atoms with E-state index in [2.05, 4.69) is 19.2 Å². The van der Waals surface area contributed by atoms with Crippen LogP contribution in [0.4, 0.5) is 4.39 Å². The lowest BCUT2D eigenvalue weighted by Crippen LogP contribution is -2.27. The molecule has 1 atom stereocenters. The highest BCUT2D eigenvalue weighted by Gasteiger charge is 2.06. The fourth-order valence-corrected chi connectivity index (χ4v) is 1.99.